The molecule has 0 saturated heterocycles. The minimum absolute atomic E-state index is 0.00319. The first-order valence-electron chi connectivity index (χ1n) is 7.91. The van der Waals surface area contributed by atoms with Gasteiger partial charge in [0.25, 0.3) is 5.91 Å². The van der Waals surface area contributed by atoms with Crippen LogP contribution in [0.4, 0.5) is 0 Å². The molecular formula is C18H16BrClN2OS. The molecular weight excluding hydrogens is 408 g/mol. The van der Waals surface area contributed by atoms with E-state index in [9.17, 15) is 4.79 Å². The van der Waals surface area contributed by atoms with Gasteiger partial charge in [0, 0.05) is 18.1 Å². The second-order valence-electron chi connectivity index (χ2n) is 6.20. The van der Waals surface area contributed by atoms with Crippen molar-refractivity contribution in [3.05, 3.63) is 56.5 Å². The van der Waals surface area contributed by atoms with Crippen molar-refractivity contribution in [1.29, 1.82) is 0 Å². The van der Waals surface area contributed by atoms with Crippen LogP contribution in [0.25, 0.3) is 10.2 Å². The van der Waals surface area contributed by atoms with Gasteiger partial charge in [-0.2, -0.15) is 0 Å². The highest BCUT2D eigenvalue weighted by Gasteiger charge is 2.23. The quantitative estimate of drug-likeness (QED) is 0.593. The lowest BCUT2D eigenvalue weighted by atomic mass is 10.2. The third-order valence-corrected chi connectivity index (χ3v) is 6.08. The molecule has 6 heteroatoms. The van der Waals surface area contributed by atoms with E-state index in [-0.39, 0.29) is 5.91 Å². The Morgan fingerprint density at radius 1 is 1.33 bits per heavy atom. The number of halogens is 2. The zero-order chi connectivity index (χ0) is 16.7. The standard InChI is InChI=1S/C18H16BrClN2OS/c19-17-8-14-16(24-17)7-15(18(23)21-9-11-4-5-11)22(14)10-12-2-1-3-13(20)6-12/h1-3,6-8,11H,4-5,9-10H2,(H,21,23). The highest BCUT2D eigenvalue weighted by molar-refractivity contribution is 9.11. The van der Waals surface area contributed by atoms with Gasteiger partial charge >= 0.3 is 0 Å². The molecule has 0 radical (unpaired) electrons. The third-order valence-electron chi connectivity index (χ3n) is 4.27. The third kappa shape index (κ3) is 3.39. The smallest absolute Gasteiger partial charge is 0.267 e. The van der Waals surface area contributed by atoms with E-state index in [0.29, 0.717) is 23.2 Å². The monoisotopic (exact) mass is 422 g/mol. The maximum Gasteiger partial charge on any atom is 0.267 e. The lowest BCUT2D eigenvalue weighted by Gasteiger charge is -2.11. The molecule has 0 aliphatic heterocycles. The van der Waals surface area contributed by atoms with Crippen LogP contribution in [0.1, 0.15) is 28.9 Å². The zero-order valence-electron chi connectivity index (χ0n) is 12.9. The molecule has 1 N–H and O–H groups in total. The summed E-state index contributed by atoms with van der Waals surface area (Å²) in [6, 6.07) is 11.8. The predicted molar refractivity (Wildman–Crippen MR) is 103 cm³/mol. The Bertz CT molecular complexity index is 913. The van der Waals surface area contributed by atoms with Gasteiger partial charge in [-0.3, -0.25) is 4.79 Å². The molecule has 0 bridgehead atoms. The van der Waals surface area contributed by atoms with Gasteiger partial charge in [0.2, 0.25) is 0 Å². The normalized spacial score (nSPS) is 14.2. The average molecular weight is 424 g/mol. The number of thiophene rings is 1. The van der Waals surface area contributed by atoms with E-state index in [4.69, 9.17) is 11.6 Å². The highest BCUT2D eigenvalue weighted by atomic mass is 79.9. The summed E-state index contributed by atoms with van der Waals surface area (Å²) in [6.45, 7) is 1.40. The van der Waals surface area contributed by atoms with Crippen LogP contribution in [-0.2, 0) is 6.54 Å². The van der Waals surface area contributed by atoms with Crippen LogP contribution < -0.4 is 5.32 Å². The largest absolute Gasteiger partial charge is 0.350 e. The van der Waals surface area contributed by atoms with Crippen LogP contribution in [0.3, 0.4) is 0 Å². The zero-order valence-corrected chi connectivity index (χ0v) is 16.0. The summed E-state index contributed by atoms with van der Waals surface area (Å²) < 4.78 is 4.25. The molecule has 1 aromatic carbocycles. The molecule has 3 nitrogen and oxygen atoms in total. The SMILES string of the molecule is O=C(NCC1CC1)c1cc2sc(Br)cc2n1Cc1cccc(Cl)c1. The Morgan fingerprint density at radius 2 is 2.17 bits per heavy atom. The molecule has 2 aromatic heterocycles. The average Bonchev–Trinajstić information content (AvgIpc) is 3.22. The molecule has 1 aliphatic rings. The van der Waals surface area contributed by atoms with E-state index in [1.165, 1.54) is 12.8 Å². The molecule has 124 valence electrons. The highest BCUT2D eigenvalue weighted by Crippen LogP contribution is 2.33. The van der Waals surface area contributed by atoms with Crippen LogP contribution in [0.15, 0.2) is 40.2 Å². The number of rotatable bonds is 5. The number of aromatic nitrogens is 1. The van der Waals surface area contributed by atoms with Crippen molar-refractivity contribution in [2.24, 2.45) is 5.92 Å². The van der Waals surface area contributed by atoms with Gasteiger partial charge in [0.05, 0.1) is 14.0 Å². The Labute approximate surface area is 157 Å². The molecule has 0 atom stereocenters. The van der Waals surface area contributed by atoms with Crippen LogP contribution in [0, 0.1) is 5.92 Å². The van der Waals surface area contributed by atoms with Crippen LogP contribution in [-0.4, -0.2) is 17.0 Å². The molecule has 1 amide bonds. The van der Waals surface area contributed by atoms with Crippen molar-refractivity contribution >= 4 is 55.0 Å². The fraction of sp³-hybridized carbons (Fsp3) is 0.278. The fourth-order valence-electron chi connectivity index (χ4n) is 2.84. The Kier molecular flexibility index (Phi) is 4.41. The van der Waals surface area contributed by atoms with Gasteiger partial charge in [0.15, 0.2) is 0 Å². The number of carbonyl (C=O) groups is 1. The summed E-state index contributed by atoms with van der Waals surface area (Å²) in [4.78, 5) is 12.6. The molecule has 1 fully saturated rings. The second kappa shape index (κ2) is 6.54. The molecule has 4 rings (SSSR count). The number of hydrogen-bond acceptors (Lipinski definition) is 2. The Morgan fingerprint density at radius 3 is 2.92 bits per heavy atom. The van der Waals surface area contributed by atoms with Gasteiger partial charge in [-0.05, 0) is 64.5 Å². The van der Waals surface area contributed by atoms with Crippen molar-refractivity contribution in [2.75, 3.05) is 6.54 Å². The number of nitrogens with one attached hydrogen (secondary N) is 1. The summed E-state index contributed by atoms with van der Waals surface area (Å²) >= 11 is 11.3. The number of carbonyl (C=O) groups excluding carboxylic acids is 1. The molecule has 24 heavy (non-hydrogen) atoms. The van der Waals surface area contributed by atoms with E-state index in [0.717, 1.165) is 26.1 Å². The van der Waals surface area contributed by atoms with Crippen molar-refractivity contribution in [3.63, 3.8) is 0 Å². The van der Waals surface area contributed by atoms with Crippen molar-refractivity contribution in [1.82, 2.24) is 9.88 Å². The molecule has 0 spiro atoms. The number of hydrogen-bond donors (Lipinski definition) is 1. The summed E-state index contributed by atoms with van der Waals surface area (Å²) in [5.74, 6) is 0.670. The molecule has 1 saturated carbocycles. The number of benzene rings is 1. The minimum Gasteiger partial charge on any atom is -0.350 e. The lowest BCUT2D eigenvalue weighted by Crippen LogP contribution is -2.27. The van der Waals surface area contributed by atoms with Gasteiger partial charge in [-0.15, -0.1) is 11.3 Å². The molecule has 2 heterocycles. The Hall–Kier alpha value is -1.30. The summed E-state index contributed by atoms with van der Waals surface area (Å²) in [6.07, 6.45) is 2.46. The van der Waals surface area contributed by atoms with Gasteiger partial charge in [-0.25, -0.2) is 0 Å². The first-order chi connectivity index (χ1) is 11.6. The summed E-state index contributed by atoms with van der Waals surface area (Å²) in [5, 5.41) is 3.78. The second-order valence-corrected chi connectivity index (χ2v) is 9.10. The van der Waals surface area contributed by atoms with E-state index >= 15 is 0 Å². The van der Waals surface area contributed by atoms with E-state index in [2.05, 4.69) is 31.9 Å². The van der Waals surface area contributed by atoms with Crippen molar-refractivity contribution in [2.45, 2.75) is 19.4 Å². The predicted octanol–water partition coefficient (Wildman–Crippen LogP) is 5.31. The maximum atomic E-state index is 12.6. The first kappa shape index (κ1) is 16.2. The fourth-order valence-corrected chi connectivity index (χ4v) is 4.62. The number of fused-ring (bicyclic) bond motifs is 1. The van der Waals surface area contributed by atoms with E-state index < -0.39 is 0 Å². The Balaban J connectivity index is 1.69. The minimum atomic E-state index is 0.00319. The van der Waals surface area contributed by atoms with Gasteiger partial charge < -0.3 is 9.88 Å². The first-order valence-corrected chi connectivity index (χ1v) is 9.90. The van der Waals surface area contributed by atoms with E-state index in [1.807, 2.05) is 30.3 Å². The van der Waals surface area contributed by atoms with Crippen LogP contribution in [0.2, 0.25) is 5.02 Å². The molecule has 3 aromatic rings. The summed E-state index contributed by atoms with van der Waals surface area (Å²) in [7, 11) is 0. The van der Waals surface area contributed by atoms with Crippen molar-refractivity contribution < 1.29 is 4.79 Å². The topological polar surface area (TPSA) is 34.0 Å². The van der Waals surface area contributed by atoms with Gasteiger partial charge in [-0.1, -0.05) is 23.7 Å². The maximum absolute atomic E-state index is 12.6. The summed E-state index contributed by atoms with van der Waals surface area (Å²) in [5.41, 5.74) is 2.87. The van der Waals surface area contributed by atoms with Crippen molar-refractivity contribution in [3.8, 4) is 0 Å². The lowest BCUT2D eigenvalue weighted by molar-refractivity contribution is 0.0943. The number of nitrogens with zero attached hydrogens (tertiary/aromatic N) is 1. The molecule has 0 unspecified atom stereocenters. The van der Waals surface area contributed by atoms with Crippen LogP contribution >= 0.6 is 38.9 Å². The van der Waals surface area contributed by atoms with E-state index in [1.54, 1.807) is 11.3 Å². The van der Waals surface area contributed by atoms with Crippen LogP contribution in [0.5, 0.6) is 0 Å². The van der Waals surface area contributed by atoms with Gasteiger partial charge in [0.1, 0.15) is 5.69 Å². The number of amides is 1. The molecule has 1 aliphatic carbocycles.